The fourth-order valence-corrected chi connectivity index (χ4v) is 5.17. The third kappa shape index (κ3) is 4.82. The van der Waals surface area contributed by atoms with Gasteiger partial charge in [0, 0.05) is 43.8 Å². The molecule has 0 unspecified atom stereocenters. The van der Waals surface area contributed by atoms with Crippen LogP contribution < -0.4 is 10.6 Å². The number of hydrogen-bond acceptors (Lipinski definition) is 6. The van der Waals surface area contributed by atoms with Crippen LogP contribution in [0.1, 0.15) is 24.1 Å². The van der Waals surface area contributed by atoms with Gasteiger partial charge in [0.2, 0.25) is 5.95 Å². The van der Waals surface area contributed by atoms with Crippen LogP contribution in [0.25, 0.3) is 10.6 Å². The second-order valence-electron chi connectivity index (χ2n) is 7.14. The maximum atomic E-state index is 11.6. The first-order valence-corrected chi connectivity index (χ1v) is 11.4. The number of urea groups is 1. The summed E-state index contributed by atoms with van der Waals surface area (Å²) in [7, 11) is 0. The zero-order valence-electron chi connectivity index (χ0n) is 15.8. The van der Waals surface area contributed by atoms with Gasteiger partial charge in [0.05, 0.1) is 15.0 Å². The minimum atomic E-state index is -0.000894. The van der Waals surface area contributed by atoms with Gasteiger partial charge in [-0.1, -0.05) is 6.42 Å². The number of rotatable bonds is 7. The molecule has 2 saturated heterocycles. The topological polar surface area (TPSA) is 73.4 Å². The smallest absolute Gasteiger partial charge is 0.317 e. The molecule has 4 rings (SSSR count). The molecule has 7 nitrogen and oxygen atoms in total. The minimum Gasteiger partial charge on any atom is -0.352 e. The fraction of sp³-hybridized carbons (Fsp3) is 0.526. The van der Waals surface area contributed by atoms with Crippen molar-refractivity contribution in [2.24, 2.45) is 0 Å². The van der Waals surface area contributed by atoms with Crippen molar-refractivity contribution in [3.63, 3.8) is 0 Å². The van der Waals surface area contributed by atoms with Gasteiger partial charge in [0.15, 0.2) is 0 Å². The summed E-state index contributed by atoms with van der Waals surface area (Å²) >= 11 is 5.38. The number of nitrogens with zero attached hydrogens (tertiary/aromatic N) is 4. The van der Waals surface area contributed by atoms with Crippen LogP contribution in [0.4, 0.5) is 10.7 Å². The number of carbonyl (C=O) groups excluding carboxylic acids is 1. The largest absolute Gasteiger partial charge is 0.352 e. The number of hydrogen-bond donors (Lipinski definition) is 2. The quantitative estimate of drug-likeness (QED) is 0.656. The summed E-state index contributed by atoms with van der Waals surface area (Å²) < 4.78 is 0.892. The van der Waals surface area contributed by atoms with Gasteiger partial charge in [-0.2, -0.15) is 0 Å². The molecule has 0 bridgehead atoms. The van der Waals surface area contributed by atoms with E-state index in [4.69, 9.17) is 4.98 Å². The Labute approximate surface area is 177 Å². The van der Waals surface area contributed by atoms with E-state index in [1.54, 1.807) is 22.4 Å². The number of aromatic nitrogens is 2. The Hall–Kier alpha value is -1.71. The normalized spacial score (nSPS) is 17.8. The minimum absolute atomic E-state index is 0.000894. The van der Waals surface area contributed by atoms with Crippen LogP contribution in [-0.2, 0) is 6.54 Å². The van der Waals surface area contributed by atoms with E-state index in [1.807, 2.05) is 0 Å². The lowest BCUT2D eigenvalue weighted by Crippen LogP contribution is -2.32. The van der Waals surface area contributed by atoms with Gasteiger partial charge in [-0.05, 0) is 54.0 Å². The molecule has 2 aromatic rings. The molecule has 2 N–H and O–H groups in total. The molecule has 2 amide bonds. The summed E-state index contributed by atoms with van der Waals surface area (Å²) in [6.07, 6.45) is 5.77. The number of carbonyl (C=O) groups is 1. The van der Waals surface area contributed by atoms with Gasteiger partial charge in [-0.3, -0.25) is 4.90 Å². The summed E-state index contributed by atoms with van der Waals surface area (Å²) in [4.78, 5) is 27.5. The molecule has 150 valence electrons. The summed E-state index contributed by atoms with van der Waals surface area (Å²) in [5.74, 6) is 0.587. The first-order chi connectivity index (χ1) is 13.7. The average molecular weight is 465 g/mol. The molecular formula is C19H25BrN6OS. The van der Waals surface area contributed by atoms with Crippen LogP contribution in [0.15, 0.2) is 22.8 Å². The van der Waals surface area contributed by atoms with Crippen molar-refractivity contribution in [2.75, 3.05) is 44.6 Å². The molecule has 0 aromatic carbocycles. The van der Waals surface area contributed by atoms with Gasteiger partial charge < -0.3 is 15.5 Å². The number of thiophene rings is 1. The zero-order valence-corrected chi connectivity index (χ0v) is 18.2. The molecule has 2 aromatic heterocycles. The van der Waals surface area contributed by atoms with Crippen molar-refractivity contribution >= 4 is 39.2 Å². The van der Waals surface area contributed by atoms with Crippen LogP contribution >= 0.6 is 27.3 Å². The zero-order chi connectivity index (χ0) is 19.3. The van der Waals surface area contributed by atoms with Crippen molar-refractivity contribution in [1.82, 2.24) is 25.1 Å². The van der Waals surface area contributed by atoms with Crippen LogP contribution in [0, 0.1) is 0 Å². The fourth-order valence-electron chi connectivity index (χ4n) is 3.58. The molecule has 0 atom stereocenters. The van der Waals surface area contributed by atoms with Crippen molar-refractivity contribution in [1.29, 1.82) is 0 Å². The number of anilines is 1. The summed E-state index contributed by atoms with van der Waals surface area (Å²) in [6, 6.07) is 4.36. The summed E-state index contributed by atoms with van der Waals surface area (Å²) in [5, 5.41) is 6.04. The molecule has 4 heterocycles. The standard InChI is InChI=1S/C19H25BrN6OS/c20-15-12-23-18(21-6-10-26-11-7-22-19(26)27)24-17(15)16-5-4-14(28-16)13-25-8-2-1-3-9-25/h4-5,12H,1-3,6-11,13H2,(H,22,27)(H,21,23,24). The molecule has 2 aliphatic heterocycles. The van der Waals surface area contributed by atoms with Gasteiger partial charge in [0.25, 0.3) is 0 Å². The van der Waals surface area contributed by atoms with Crippen molar-refractivity contribution in [2.45, 2.75) is 25.8 Å². The maximum Gasteiger partial charge on any atom is 0.317 e. The lowest BCUT2D eigenvalue weighted by Gasteiger charge is -2.25. The Morgan fingerprint density at radius 3 is 2.86 bits per heavy atom. The lowest BCUT2D eigenvalue weighted by atomic mass is 10.1. The van der Waals surface area contributed by atoms with E-state index in [1.165, 1.54) is 37.2 Å². The summed E-state index contributed by atoms with van der Waals surface area (Å²) in [5.41, 5.74) is 0.909. The molecule has 9 heteroatoms. The van der Waals surface area contributed by atoms with Crippen molar-refractivity contribution < 1.29 is 4.79 Å². The second kappa shape index (κ2) is 9.19. The number of nitrogens with one attached hydrogen (secondary N) is 2. The molecule has 0 spiro atoms. The predicted octanol–water partition coefficient (Wildman–Crippen LogP) is 3.39. The molecule has 0 radical (unpaired) electrons. The van der Waals surface area contributed by atoms with Crippen LogP contribution in [-0.4, -0.2) is 65.1 Å². The van der Waals surface area contributed by atoms with Gasteiger partial charge in [-0.25, -0.2) is 14.8 Å². The first kappa shape index (κ1) is 19.6. The Morgan fingerprint density at radius 2 is 2.07 bits per heavy atom. The maximum absolute atomic E-state index is 11.6. The summed E-state index contributed by atoms with van der Waals surface area (Å²) in [6.45, 7) is 6.16. The van der Waals surface area contributed by atoms with E-state index in [9.17, 15) is 4.79 Å². The highest BCUT2D eigenvalue weighted by atomic mass is 79.9. The van der Waals surface area contributed by atoms with E-state index in [0.717, 1.165) is 34.7 Å². The molecule has 28 heavy (non-hydrogen) atoms. The Kier molecular flexibility index (Phi) is 6.43. The molecule has 0 aliphatic carbocycles. The van der Waals surface area contributed by atoms with Crippen molar-refractivity contribution in [3.05, 3.63) is 27.7 Å². The second-order valence-corrected chi connectivity index (χ2v) is 9.16. The monoisotopic (exact) mass is 464 g/mol. The van der Waals surface area contributed by atoms with E-state index in [0.29, 0.717) is 19.0 Å². The Morgan fingerprint density at radius 1 is 1.21 bits per heavy atom. The van der Waals surface area contributed by atoms with E-state index < -0.39 is 0 Å². The lowest BCUT2D eigenvalue weighted by molar-refractivity contribution is 0.219. The third-order valence-corrected chi connectivity index (χ3v) is 6.73. The number of piperidine rings is 1. The average Bonchev–Trinajstić information content (AvgIpc) is 3.33. The van der Waals surface area contributed by atoms with E-state index in [-0.39, 0.29) is 6.03 Å². The first-order valence-electron chi connectivity index (χ1n) is 9.80. The Bertz CT molecular complexity index is 823. The third-order valence-electron chi connectivity index (χ3n) is 5.08. The van der Waals surface area contributed by atoms with Crippen molar-refractivity contribution in [3.8, 4) is 10.6 Å². The van der Waals surface area contributed by atoms with E-state index in [2.05, 4.69) is 48.6 Å². The molecule has 2 fully saturated rings. The number of likely N-dealkylation sites (tertiary alicyclic amines) is 1. The molecular weight excluding hydrogens is 440 g/mol. The van der Waals surface area contributed by atoms with E-state index >= 15 is 0 Å². The SMILES string of the molecule is O=C1NCCN1CCNc1ncc(Br)c(-c2ccc(CN3CCCCC3)s2)n1. The Balaban J connectivity index is 1.38. The predicted molar refractivity (Wildman–Crippen MR) is 116 cm³/mol. The molecule has 2 aliphatic rings. The highest BCUT2D eigenvalue weighted by Gasteiger charge is 2.19. The molecule has 0 saturated carbocycles. The highest BCUT2D eigenvalue weighted by Crippen LogP contribution is 2.33. The van der Waals surface area contributed by atoms with Crippen LogP contribution in [0.2, 0.25) is 0 Å². The van der Waals surface area contributed by atoms with Gasteiger partial charge in [0.1, 0.15) is 0 Å². The van der Waals surface area contributed by atoms with Crippen LogP contribution in [0.3, 0.4) is 0 Å². The van der Waals surface area contributed by atoms with Gasteiger partial charge in [-0.15, -0.1) is 11.3 Å². The number of halogens is 1. The number of amides is 2. The van der Waals surface area contributed by atoms with Gasteiger partial charge >= 0.3 is 6.03 Å². The highest BCUT2D eigenvalue weighted by molar-refractivity contribution is 9.10. The van der Waals surface area contributed by atoms with Crippen LogP contribution in [0.5, 0.6) is 0 Å².